The zero-order valence-corrected chi connectivity index (χ0v) is 12.7. The first-order valence-corrected chi connectivity index (χ1v) is 7.31. The van der Waals surface area contributed by atoms with Crippen molar-refractivity contribution in [1.82, 2.24) is 10.7 Å². The van der Waals surface area contributed by atoms with Crippen LogP contribution in [0.15, 0.2) is 42.5 Å². The van der Waals surface area contributed by atoms with E-state index in [1.807, 2.05) is 43.3 Å². The molecule has 2 amide bonds. The van der Waals surface area contributed by atoms with Crippen molar-refractivity contribution in [3.63, 3.8) is 0 Å². The standard InChI is InChI=1S/C15H17N3O2S/c1-11-8-9-13(21-11)15(20)16-10-14(19)17-18(2)12-6-4-3-5-7-12/h3-9H,10H2,1-2H3,(H,16,20)(H,17,19). The number of benzene rings is 1. The van der Waals surface area contributed by atoms with Crippen molar-refractivity contribution in [2.24, 2.45) is 0 Å². The van der Waals surface area contributed by atoms with Crippen LogP contribution in [0.4, 0.5) is 5.69 Å². The Morgan fingerprint density at radius 2 is 1.86 bits per heavy atom. The molecule has 0 unspecified atom stereocenters. The first-order valence-electron chi connectivity index (χ1n) is 6.49. The van der Waals surface area contributed by atoms with Crippen molar-refractivity contribution >= 4 is 28.8 Å². The van der Waals surface area contributed by atoms with Crippen LogP contribution in [-0.2, 0) is 4.79 Å². The molecule has 2 aromatic rings. The normalized spacial score (nSPS) is 10.0. The predicted molar refractivity (Wildman–Crippen MR) is 84.4 cm³/mol. The Bertz CT molecular complexity index is 625. The molecule has 2 rings (SSSR count). The number of anilines is 1. The lowest BCUT2D eigenvalue weighted by atomic mass is 10.3. The highest BCUT2D eigenvalue weighted by Gasteiger charge is 2.11. The van der Waals surface area contributed by atoms with Gasteiger partial charge in [0.15, 0.2) is 0 Å². The number of hydrogen-bond donors (Lipinski definition) is 2. The minimum atomic E-state index is -0.275. The monoisotopic (exact) mass is 303 g/mol. The summed E-state index contributed by atoms with van der Waals surface area (Å²) in [6.07, 6.45) is 0. The molecule has 0 aliphatic heterocycles. The second-order valence-corrected chi connectivity index (χ2v) is 5.81. The molecule has 0 radical (unpaired) electrons. The van der Waals surface area contributed by atoms with E-state index in [2.05, 4.69) is 10.7 Å². The highest BCUT2D eigenvalue weighted by Crippen LogP contribution is 2.14. The van der Waals surface area contributed by atoms with Gasteiger partial charge in [0.05, 0.1) is 17.1 Å². The number of nitrogens with one attached hydrogen (secondary N) is 2. The summed E-state index contributed by atoms with van der Waals surface area (Å²) in [6, 6.07) is 13.1. The van der Waals surface area contributed by atoms with E-state index in [4.69, 9.17) is 0 Å². The molecule has 0 atom stereocenters. The van der Waals surface area contributed by atoms with Crippen molar-refractivity contribution in [3.05, 3.63) is 52.2 Å². The van der Waals surface area contributed by atoms with E-state index in [9.17, 15) is 9.59 Å². The van der Waals surface area contributed by atoms with Gasteiger partial charge in [-0.2, -0.15) is 0 Å². The Labute approximate surface area is 127 Å². The Balaban J connectivity index is 1.81. The van der Waals surface area contributed by atoms with Crippen LogP contribution in [0.25, 0.3) is 0 Å². The number of thiophene rings is 1. The lowest BCUT2D eigenvalue weighted by Gasteiger charge is -2.20. The average molecular weight is 303 g/mol. The van der Waals surface area contributed by atoms with Gasteiger partial charge in [0.1, 0.15) is 0 Å². The molecule has 0 saturated carbocycles. The Morgan fingerprint density at radius 1 is 1.14 bits per heavy atom. The molecule has 1 aromatic heterocycles. The number of hydrazine groups is 1. The maximum atomic E-state index is 11.8. The topological polar surface area (TPSA) is 61.4 Å². The molecule has 0 aliphatic carbocycles. The van der Waals surface area contributed by atoms with E-state index in [-0.39, 0.29) is 18.4 Å². The number of rotatable bonds is 5. The van der Waals surface area contributed by atoms with Gasteiger partial charge >= 0.3 is 0 Å². The van der Waals surface area contributed by atoms with Crippen LogP contribution in [0.2, 0.25) is 0 Å². The van der Waals surface area contributed by atoms with Gasteiger partial charge < -0.3 is 5.32 Å². The van der Waals surface area contributed by atoms with Crippen LogP contribution >= 0.6 is 11.3 Å². The van der Waals surface area contributed by atoms with E-state index in [1.54, 1.807) is 18.1 Å². The van der Waals surface area contributed by atoms with Crippen molar-refractivity contribution in [1.29, 1.82) is 0 Å². The van der Waals surface area contributed by atoms with E-state index in [0.717, 1.165) is 10.6 Å². The third kappa shape index (κ3) is 4.32. The maximum Gasteiger partial charge on any atom is 0.261 e. The van der Waals surface area contributed by atoms with Gasteiger partial charge in [-0.15, -0.1) is 11.3 Å². The largest absolute Gasteiger partial charge is 0.342 e. The zero-order valence-electron chi connectivity index (χ0n) is 11.9. The quantitative estimate of drug-likeness (QED) is 0.830. The summed E-state index contributed by atoms with van der Waals surface area (Å²) in [5, 5.41) is 4.22. The van der Waals surface area contributed by atoms with Crippen LogP contribution in [0.5, 0.6) is 0 Å². The summed E-state index contributed by atoms with van der Waals surface area (Å²) in [5.74, 6) is -0.506. The van der Waals surface area contributed by atoms with Crippen molar-refractivity contribution in [2.45, 2.75) is 6.92 Å². The lowest BCUT2D eigenvalue weighted by Crippen LogP contribution is -2.44. The summed E-state index contributed by atoms with van der Waals surface area (Å²) >= 11 is 1.40. The molecular weight excluding hydrogens is 286 g/mol. The van der Waals surface area contributed by atoms with Gasteiger partial charge in [-0.25, -0.2) is 0 Å². The van der Waals surface area contributed by atoms with E-state index in [0.29, 0.717) is 4.88 Å². The zero-order chi connectivity index (χ0) is 15.2. The molecule has 0 bridgehead atoms. The van der Waals surface area contributed by atoms with E-state index in [1.165, 1.54) is 11.3 Å². The first-order chi connectivity index (χ1) is 10.1. The summed E-state index contributed by atoms with van der Waals surface area (Å²) in [7, 11) is 1.75. The van der Waals surface area contributed by atoms with Crippen molar-refractivity contribution < 1.29 is 9.59 Å². The summed E-state index contributed by atoms with van der Waals surface area (Å²) in [5.41, 5.74) is 3.56. The number of aryl methyl sites for hydroxylation is 1. The van der Waals surface area contributed by atoms with Gasteiger partial charge in [-0.1, -0.05) is 18.2 Å². The number of nitrogens with zero attached hydrogens (tertiary/aromatic N) is 1. The molecule has 0 fully saturated rings. The molecule has 0 spiro atoms. The van der Waals surface area contributed by atoms with Crippen LogP contribution < -0.4 is 15.8 Å². The summed E-state index contributed by atoms with van der Waals surface area (Å²) in [4.78, 5) is 25.3. The smallest absolute Gasteiger partial charge is 0.261 e. The average Bonchev–Trinajstić information content (AvgIpc) is 2.92. The van der Waals surface area contributed by atoms with Crippen LogP contribution in [-0.4, -0.2) is 25.4 Å². The Morgan fingerprint density at radius 3 is 2.48 bits per heavy atom. The summed E-state index contributed by atoms with van der Waals surface area (Å²) < 4.78 is 0. The minimum absolute atomic E-state index is 0.0625. The molecule has 1 heterocycles. The van der Waals surface area contributed by atoms with Gasteiger partial charge in [0, 0.05) is 11.9 Å². The second-order valence-electron chi connectivity index (χ2n) is 4.52. The van der Waals surface area contributed by atoms with Crippen LogP contribution in [0.1, 0.15) is 14.5 Å². The van der Waals surface area contributed by atoms with E-state index >= 15 is 0 Å². The van der Waals surface area contributed by atoms with Gasteiger partial charge in [0.25, 0.3) is 11.8 Å². The lowest BCUT2D eigenvalue weighted by molar-refractivity contribution is -0.120. The third-order valence-corrected chi connectivity index (χ3v) is 3.81. The van der Waals surface area contributed by atoms with Crippen molar-refractivity contribution in [2.75, 3.05) is 18.6 Å². The highest BCUT2D eigenvalue weighted by molar-refractivity contribution is 7.13. The third-order valence-electron chi connectivity index (χ3n) is 2.81. The first kappa shape index (κ1) is 15.1. The molecule has 110 valence electrons. The highest BCUT2D eigenvalue weighted by atomic mass is 32.1. The van der Waals surface area contributed by atoms with Gasteiger partial charge in [-0.05, 0) is 31.2 Å². The maximum absolute atomic E-state index is 11.8. The predicted octanol–water partition coefficient (Wildman–Crippen LogP) is 1.95. The molecule has 2 N–H and O–H groups in total. The van der Waals surface area contributed by atoms with Gasteiger partial charge in [-0.3, -0.25) is 20.0 Å². The van der Waals surface area contributed by atoms with Crippen LogP contribution in [0, 0.1) is 6.92 Å². The SMILES string of the molecule is Cc1ccc(C(=O)NCC(=O)NN(C)c2ccccc2)s1. The Kier molecular flexibility index (Phi) is 4.94. The second kappa shape index (κ2) is 6.90. The molecular formula is C15H17N3O2S. The number of carbonyl (C=O) groups is 2. The number of amides is 2. The molecule has 0 saturated heterocycles. The van der Waals surface area contributed by atoms with Gasteiger partial charge in [0.2, 0.25) is 0 Å². The van der Waals surface area contributed by atoms with Crippen molar-refractivity contribution in [3.8, 4) is 0 Å². The fourth-order valence-corrected chi connectivity index (χ4v) is 2.53. The fourth-order valence-electron chi connectivity index (χ4n) is 1.75. The number of para-hydroxylation sites is 1. The Hall–Kier alpha value is -2.34. The van der Waals surface area contributed by atoms with E-state index < -0.39 is 0 Å². The molecule has 21 heavy (non-hydrogen) atoms. The molecule has 1 aromatic carbocycles. The van der Waals surface area contributed by atoms with Crippen LogP contribution in [0.3, 0.4) is 0 Å². The molecule has 6 heteroatoms. The number of carbonyl (C=O) groups excluding carboxylic acids is 2. The molecule has 0 aliphatic rings. The molecule has 5 nitrogen and oxygen atoms in total. The summed E-state index contributed by atoms with van der Waals surface area (Å²) in [6.45, 7) is 1.87. The number of hydrogen-bond acceptors (Lipinski definition) is 4. The fraction of sp³-hybridized carbons (Fsp3) is 0.200. The minimum Gasteiger partial charge on any atom is -0.342 e.